The van der Waals surface area contributed by atoms with Gasteiger partial charge in [-0.3, -0.25) is 4.99 Å². The topological polar surface area (TPSA) is 53.7 Å². The highest BCUT2D eigenvalue weighted by molar-refractivity contribution is 5.80. The summed E-state index contributed by atoms with van der Waals surface area (Å²) in [6, 6.07) is 11.0. The van der Waals surface area contributed by atoms with Crippen LogP contribution in [0, 0.1) is 19.8 Å². The lowest BCUT2D eigenvalue weighted by molar-refractivity contribution is 0.215. The molecule has 2 heterocycles. The van der Waals surface area contributed by atoms with E-state index in [1.165, 1.54) is 24.0 Å². The SMILES string of the molecule is CCC1CN(C(=NC)NCC(C)c2c(C)noc2C)CCC1c1ccccc1. The predicted molar refractivity (Wildman–Crippen MR) is 115 cm³/mol. The highest BCUT2D eigenvalue weighted by atomic mass is 16.5. The van der Waals surface area contributed by atoms with Gasteiger partial charge in [-0.25, -0.2) is 0 Å². The van der Waals surface area contributed by atoms with Crippen LogP contribution in [-0.2, 0) is 0 Å². The van der Waals surface area contributed by atoms with E-state index in [9.17, 15) is 0 Å². The molecule has 1 aromatic heterocycles. The minimum atomic E-state index is 0.326. The van der Waals surface area contributed by atoms with Gasteiger partial charge in [-0.1, -0.05) is 55.8 Å². The van der Waals surface area contributed by atoms with Crippen molar-refractivity contribution in [1.29, 1.82) is 0 Å². The second-order valence-corrected chi connectivity index (χ2v) is 7.99. The molecule has 5 heteroatoms. The lowest BCUT2D eigenvalue weighted by atomic mass is 9.79. The Morgan fingerprint density at radius 3 is 2.68 bits per heavy atom. The molecule has 0 radical (unpaired) electrons. The summed E-state index contributed by atoms with van der Waals surface area (Å²) >= 11 is 0. The molecule has 1 aliphatic heterocycles. The third-order valence-corrected chi connectivity index (χ3v) is 6.15. The maximum atomic E-state index is 5.33. The summed E-state index contributed by atoms with van der Waals surface area (Å²) in [4.78, 5) is 6.99. The van der Waals surface area contributed by atoms with Gasteiger partial charge in [0.25, 0.3) is 0 Å². The Bertz CT molecular complexity index is 764. The second kappa shape index (κ2) is 9.26. The van der Waals surface area contributed by atoms with E-state index >= 15 is 0 Å². The van der Waals surface area contributed by atoms with Crippen molar-refractivity contribution in [2.24, 2.45) is 10.9 Å². The van der Waals surface area contributed by atoms with E-state index in [-0.39, 0.29) is 0 Å². The van der Waals surface area contributed by atoms with Crippen molar-refractivity contribution < 1.29 is 4.52 Å². The monoisotopic (exact) mass is 382 g/mol. The minimum absolute atomic E-state index is 0.326. The van der Waals surface area contributed by atoms with Gasteiger partial charge in [-0.05, 0) is 37.7 Å². The first-order chi connectivity index (χ1) is 13.5. The van der Waals surface area contributed by atoms with Crippen molar-refractivity contribution in [2.75, 3.05) is 26.7 Å². The van der Waals surface area contributed by atoms with Crippen LogP contribution >= 0.6 is 0 Å². The van der Waals surface area contributed by atoms with Crippen LogP contribution < -0.4 is 5.32 Å². The summed E-state index contributed by atoms with van der Waals surface area (Å²) in [6.45, 7) is 11.4. The van der Waals surface area contributed by atoms with Crippen molar-refractivity contribution in [1.82, 2.24) is 15.4 Å². The van der Waals surface area contributed by atoms with Crippen LogP contribution in [0.1, 0.15) is 61.1 Å². The molecule has 3 rings (SSSR count). The third-order valence-electron chi connectivity index (χ3n) is 6.15. The number of aliphatic imine (C=N–C) groups is 1. The second-order valence-electron chi connectivity index (χ2n) is 7.99. The lowest BCUT2D eigenvalue weighted by Crippen LogP contribution is -2.49. The Kier molecular flexibility index (Phi) is 6.76. The molecule has 0 aliphatic carbocycles. The fourth-order valence-corrected chi connectivity index (χ4v) is 4.65. The Balaban J connectivity index is 1.62. The first-order valence-electron chi connectivity index (χ1n) is 10.5. The number of aryl methyl sites for hydroxylation is 2. The molecule has 0 spiro atoms. The zero-order valence-corrected chi connectivity index (χ0v) is 17.9. The van der Waals surface area contributed by atoms with E-state index in [2.05, 4.69) is 64.5 Å². The van der Waals surface area contributed by atoms with E-state index in [0.29, 0.717) is 17.8 Å². The van der Waals surface area contributed by atoms with Crippen molar-refractivity contribution >= 4 is 5.96 Å². The smallest absolute Gasteiger partial charge is 0.193 e. The van der Waals surface area contributed by atoms with Crippen LogP contribution in [-0.4, -0.2) is 42.7 Å². The van der Waals surface area contributed by atoms with Gasteiger partial charge in [-0.15, -0.1) is 0 Å². The number of aromatic nitrogens is 1. The number of rotatable bonds is 5. The van der Waals surface area contributed by atoms with Crippen LogP contribution in [0.5, 0.6) is 0 Å². The summed E-state index contributed by atoms with van der Waals surface area (Å²) in [7, 11) is 1.88. The number of piperidine rings is 1. The molecule has 0 bridgehead atoms. The fraction of sp³-hybridized carbons (Fsp3) is 0.565. The predicted octanol–water partition coefficient (Wildman–Crippen LogP) is 4.49. The van der Waals surface area contributed by atoms with E-state index in [1.54, 1.807) is 0 Å². The summed E-state index contributed by atoms with van der Waals surface area (Å²) in [5.41, 5.74) is 3.66. The molecule has 0 saturated carbocycles. The van der Waals surface area contributed by atoms with Crippen molar-refractivity contribution in [3.63, 3.8) is 0 Å². The molecule has 1 N–H and O–H groups in total. The third kappa shape index (κ3) is 4.40. The number of guanidine groups is 1. The fourth-order valence-electron chi connectivity index (χ4n) is 4.65. The molecule has 1 aliphatic rings. The normalized spacial score (nSPS) is 21.6. The van der Waals surface area contributed by atoms with Gasteiger partial charge in [0.2, 0.25) is 0 Å². The molecule has 5 nitrogen and oxygen atoms in total. The van der Waals surface area contributed by atoms with Crippen molar-refractivity contribution in [2.45, 2.75) is 52.4 Å². The lowest BCUT2D eigenvalue weighted by Gasteiger charge is -2.40. The van der Waals surface area contributed by atoms with E-state index in [1.807, 2.05) is 20.9 Å². The van der Waals surface area contributed by atoms with Gasteiger partial charge < -0.3 is 14.7 Å². The van der Waals surface area contributed by atoms with E-state index in [0.717, 1.165) is 37.0 Å². The Morgan fingerprint density at radius 1 is 1.32 bits per heavy atom. The average molecular weight is 383 g/mol. The number of hydrogen-bond acceptors (Lipinski definition) is 3. The summed E-state index contributed by atoms with van der Waals surface area (Å²) < 4.78 is 5.33. The van der Waals surface area contributed by atoms with Gasteiger partial charge in [-0.2, -0.15) is 0 Å². The molecular formula is C23H34N4O. The van der Waals surface area contributed by atoms with Gasteiger partial charge in [0.1, 0.15) is 5.76 Å². The minimum Gasteiger partial charge on any atom is -0.361 e. The number of likely N-dealkylation sites (tertiary alicyclic amines) is 1. The highest BCUT2D eigenvalue weighted by Gasteiger charge is 2.30. The quantitative estimate of drug-likeness (QED) is 0.612. The Morgan fingerprint density at radius 2 is 2.07 bits per heavy atom. The molecule has 1 fully saturated rings. The van der Waals surface area contributed by atoms with Crippen LogP contribution in [0.15, 0.2) is 39.8 Å². The van der Waals surface area contributed by atoms with Crippen LogP contribution in [0.25, 0.3) is 0 Å². The highest BCUT2D eigenvalue weighted by Crippen LogP contribution is 2.34. The summed E-state index contributed by atoms with van der Waals surface area (Å²) in [5, 5.41) is 7.68. The molecule has 3 atom stereocenters. The van der Waals surface area contributed by atoms with Gasteiger partial charge in [0.05, 0.1) is 5.69 Å². The molecule has 1 aromatic carbocycles. The van der Waals surface area contributed by atoms with Gasteiger partial charge in [0.15, 0.2) is 5.96 Å². The standard InChI is InChI=1S/C23H34N4O/c1-6-19-15-27(13-12-21(19)20-10-8-7-9-11-20)23(24-5)25-14-16(2)22-17(3)26-28-18(22)4/h7-11,16,19,21H,6,12-15H2,1-5H3,(H,24,25). The van der Waals surface area contributed by atoms with Crippen molar-refractivity contribution in [3.05, 3.63) is 52.9 Å². The number of benzene rings is 1. The number of nitrogens with zero attached hydrogens (tertiary/aromatic N) is 3. The van der Waals surface area contributed by atoms with Crippen molar-refractivity contribution in [3.8, 4) is 0 Å². The summed E-state index contributed by atoms with van der Waals surface area (Å²) in [6.07, 6.45) is 2.35. The van der Waals surface area contributed by atoms with Crippen LogP contribution in [0.4, 0.5) is 0 Å². The van der Waals surface area contributed by atoms with Gasteiger partial charge >= 0.3 is 0 Å². The number of hydrogen-bond donors (Lipinski definition) is 1. The molecular weight excluding hydrogens is 348 g/mol. The maximum Gasteiger partial charge on any atom is 0.193 e. The molecule has 1 saturated heterocycles. The maximum absolute atomic E-state index is 5.33. The molecule has 0 amide bonds. The molecule has 28 heavy (non-hydrogen) atoms. The average Bonchev–Trinajstić information content (AvgIpc) is 3.07. The Labute approximate surface area is 169 Å². The van der Waals surface area contributed by atoms with E-state index < -0.39 is 0 Å². The molecule has 152 valence electrons. The van der Waals surface area contributed by atoms with Crippen LogP contribution in [0.3, 0.4) is 0 Å². The molecule has 3 unspecified atom stereocenters. The zero-order chi connectivity index (χ0) is 20.1. The molecule has 2 aromatic rings. The van der Waals surface area contributed by atoms with Gasteiger partial charge in [0, 0.05) is 38.2 Å². The number of nitrogens with one attached hydrogen (secondary N) is 1. The van der Waals surface area contributed by atoms with Crippen LogP contribution in [0.2, 0.25) is 0 Å². The first-order valence-corrected chi connectivity index (χ1v) is 10.5. The Hall–Kier alpha value is -2.30. The summed E-state index contributed by atoms with van der Waals surface area (Å²) in [5.74, 6) is 3.53. The first kappa shape index (κ1) is 20.4. The van der Waals surface area contributed by atoms with E-state index in [4.69, 9.17) is 4.52 Å². The zero-order valence-electron chi connectivity index (χ0n) is 17.9. The largest absolute Gasteiger partial charge is 0.361 e.